The number of halogens is 1. The van der Waals surface area contributed by atoms with Crippen molar-refractivity contribution >= 4 is 5.91 Å². The fourth-order valence-corrected chi connectivity index (χ4v) is 4.97. The first-order valence-corrected chi connectivity index (χ1v) is 13.6. The molecule has 0 unspecified atom stereocenters. The van der Waals surface area contributed by atoms with Crippen LogP contribution in [0.15, 0.2) is 48.5 Å². The number of rotatable bonds is 11. The van der Waals surface area contributed by atoms with Gasteiger partial charge < -0.3 is 24.0 Å². The molecule has 2 heterocycles. The van der Waals surface area contributed by atoms with Crippen LogP contribution >= 0.6 is 0 Å². The molecule has 2 aliphatic rings. The van der Waals surface area contributed by atoms with Gasteiger partial charge in [-0.1, -0.05) is 38.1 Å². The molecule has 0 radical (unpaired) electrons. The largest absolute Gasteiger partial charge is 0.493 e. The van der Waals surface area contributed by atoms with E-state index in [1.54, 1.807) is 12.1 Å². The third-order valence-corrected chi connectivity index (χ3v) is 7.23. The van der Waals surface area contributed by atoms with Gasteiger partial charge in [0.15, 0.2) is 5.79 Å². The maximum Gasteiger partial charge on any atom is 0.227 e. The van der Waals surface area contributed by atoms with Gasteiger partial charge in [0.05, 0.1) is 26.2 Å². The first-order chi connectivity index (χ1) is 17.8. The van der Waals surface area contributed by atoms with E-state index in [0.29, 0.717) is 38.7 Å². The van der Waals surface area contributed by atoms with Crippen LogP contribution in [0.5, 0.6) is 5.75 Å². The molecule has 0 atom stereocenters. The summed E-state index contributed by atoms with van der Waals surface area (Å²) in [5.41, 5.74) is 1.91. The van der Waals surface area contributed by atoms with E-state index in [-0.39, 0.29) is 17.8 Å². The maximum absolute atomic E-state index is 13.6. The molecule has 6 nitrogen and oxygen atoms in total. The van der Waals surface area contributed by atoms with Crippen LogP contribution < -0.4 is 4.74 Å². The molecule has 2 aromatic rings. The lowest BCUT2D eigenvalue weighted by atomic mass is 10.00. The summed E-state index contributed by atoms with van der Waals surface area (Å²) in [4.78, 5) is 18.0. The van der Waals surface area contributed by atoms with Crippen molar-refractivity contribution in [2.45, 2.75) is 64.8 Å². The molecule has 2 saturated heterocycles. The minimum absolute atomic E-state index is 0.0962. The van der Waals surface area contributed by atoms with Crippen LogP contribution in [0, 0.1) is 11.7 Å². The number of carbonyl (C=O) groups is 1. The van der Waals surface area contributed by atoms with Crippen LogP contribution in [0.2, 0.25) is 0 Å². The van der Waals surface area contributed by atoms with E-state index in [0.717, 1.165) is 55.8 Å². The SMILES string of the molecule is CC(C)COc1ccc(CC(=O)N(Cc2ccc(F)cc2)C2CCN(CCC3(C)OCCO3)CC2)cc1. The van der Waals surface area contributed by atoms with Gasteiger partial charge in [0.1, 0.15) is 11.6 Å². The average Bonchev–Trinajstić information content (AvgIpc) is 3.33. The molecule has 2 aromatic carbocycles. The molecule has 0 aliphatic carbocycles. The lowest BCUT2D eigenvalue weighted by Crippen LogP contribution is -2.48. The number of hydrogen-bond donors (Lipinski definition) is 0. The summed E-state index contributed by atoms with van der Waals surface area (Å²) in [6.07, 6.45) is 2.99. The zero-order valence-electron chi connectivity index (χ0n) is 22.5. The van der Waals surface area contributed by atoms with Crippen molar-refractivity contribution in [1.82, 2.24) is 9.80 Å². The molecular weight excluding hydrogens is 471 g/mol. The number of ether oxygens (including phenoxy) is 3. The Balaban J connectivity index is 1.37. The highest BCUT2D eigenvalue weighted by molar-refractivity contribution is 5.79. The Hall–Kier alpha value is -2.48. The van der Waals surface area contributed by atoms with Gasteiger partial charge in [0.2, 0.25) is 5.91 Å². The molecule has 7 heteroatoms. The van der Waals surface area contributed by atoms with Crippen molar-refractivity contribution in [1.29, 1.82) is 0 Å². The van der Waals surface area contributed by atoms with Gasteiger partial charge in [-0.25, -0.2) is 4.39 Å². The normalized spacial score (nSPS) is 18.3. The van der Waals surface area contributed by atoms with Gasteiger partial charge in [-0.3, -0.25) is 4.79 Å². The fourth-order valence-electron chi connectivity index (χ4n) is 4.97. The number of carbonyl (C=O) groups excluding carboxylic acids is 1. The molecule has 2 fully saturated rings. The summed E-state index contributed by atoms with van der Waals surface area (Å²) in [7, 11) is 0. The summed E-state index contributed by atoms with van der Waals surface area (Å²) in [5.74, 6) is 0.636. The molecule has 37 heavy (non-hydrogen) atoms. The van der Waals surface area contributed by atoms with Gasteiger partial charge in [-0.2, -0.15) is 0 Å². The lowest BCUT2D eigenvalue weighted by Gasteiger charge is -2.39. The third kappa shape index (κ3) is 8.25. The van der Waals surface area contributed by atoms with Gasteiger partial charge in [-0.15, -0.1) is 0 Å². The summed E-state index contributed by atoms with van der Waals surface area (Å²) >= 11 is 0. The van der Waals surface area contributed by atoms with Gasteiger partial charge in [0.25, 0.3) is 0 Å². The van der Waals surface area contributed by atoms with Crippen LogP contribution in [0.25, 0.3) is 0 Å². The van der Waals surface area contributed by atoms with Crippen molar-refractivity contribution in [3.05, 3.63) is 65.5 Å². The molecule has 1 amide bonds. The van der Waals surface area contributed by atoms with E-state index in [4.69, 9.17) is 14.2 Å². The van der Waals surface area contributed by atoms with Crippen molar-refractivity contribution in [2.75, 3.05) is 39.5 Å². The standard InChI is InChI=1S/C30H41FN2O4/c1-23(2)22-35-28-10-6-24(7-11-28)20-29(34)33(21-25-4-8-26(31)9-5-25)27-12-15-32(16-13-27)17-14-30(3)36-18-19-37-30/h4-11,23,27H,12-22H2,1-3H3. The number of amides is 1. The minimum atomic E-state index is -0.475. The van der Waals surface area contributed by atoms with Crippen molar-refractivity contribution < 1.29 is 23.4 Å². The first-order valence-electron chi connectivity index (χ1n) is 13.6. The zero-order valence-corrected chi connectivity index (χ0v) is 22.5. The van der Waals surface area contributed by atoms with E-state index in [2.05, 4.69) is 18.7 Å². The molecule has 202 valence electrons. The Kier molecular flexibility index (Phi) is 9.57. The second kappa shape index (κ2) is 12.9. The second-order valence-electron chi connectivity index (χ2n) is 10.8. The Morgan fingerprint density at radius 3 is 2.30 bits per heavy atom. The van der Waals surface area contributed by atoms with Crippen molar-refractivity contribution in [3.63, 3.8) is 0 Å². The van der Waals surface area contributed by atoms with E-state index in [9.17, 15) is 9.18 Å². The number of piperidine rings is 1. The van der Waals surface area contributed by atoms with Crippen LogP contribution in [-0.2, 0) is 27.2 Å². The smallest absolute Gasteiger partial charge is 0.227 e. The van der Waals surface area contributed by atoms with Crippen LogP contribution in [0.4, 0.5) is 4.39 Å². The van der Waals surface area contributed by atoms with Crippen molar-refractivity contribution in [2.24, 2.45) is 5.92 Å². The van der Waals surface area contributed by atoms with Crippen LogP contribution in [0.3, 0.4) is 0 Å². The molecule has 0 spiro atoms. The topological polar surface area (TPSA) is 51.2 Å². The van der Waals surface area contributed by atoms with E-state index >= 15 is 0 Å². The summed E-state index contributed by atoms with van der Waals surface area (Å²) in [6, 6.07) is 14.4. The van der Waals surface area contributed by atoms with Crippen molar-refractivity contribution in [3.8, 4) is 5.75 Å². The number of likely N-dealkylation sites (tertiary alicyclic amines) is 1. The van der Waals surface area contributed by atoms with E-state index in [1.165, 1.54) is 12.1 Å². The lowest BCUT2D eigenvalue weighted by molar-refractivity contribution is -0.150. The highest BCUT2D eigenvalue weighted by atomic mass is 19.1. The monoisotopic (exact) mass is 512 g/mol. The first kappa shape index (κ1) is 27.6. The molecule has 0 saturated carbocycles. The minimum Gasteiger partial charge on any atom is -0.493 e. The average molecular weight is 513 g/mol. The van der Waals surface area contributed by atoms with Gasteiger partial charge in [0, 0.05) is 38.6 Å². The highest BCUT2D eigenvalue weighted by Gasteiger charge is 2.33. The molecule has 2 aliphatic heterocycles. The molecule has 4 rings (SSSR count). The van der Waals surface area contributed by atoms with E-state index in [1.807, 2.05) is 36.1 Å². The zero-order chi connectivity index (χ0) is 26.3. The summed E-state index contributed by atoms with van der Waals surface area (Å²) in [6.45, 7) is 11.5. The predicted octanol–water partition coefficient (Wildman–Crippen LogP) is 5.05. The van der Waals surface area contributed by atoms with Crippen LogP contribution in [-0.4, -0.2) is 67.0 Å². The van der Waals surface area contributed by atoms with Gasteiger partial charge in [-0.05, 0) is 61.1 Å². The number of hydrogen-bond acceptors (Lipinski definition) is 5. The predicted molar refractivity (Wildman–Crippen MR) is 142 cm³/mol. The number of benzene rings is 2. The van der Waals surface area contributed by atoms with E-state index < -0.39 is 5.79 Å². The Labute approximate surface area is 220 Å². The molecular formula is C30H41FN2O4. The second-order valence-corrected chi connectivity index (χ2v) is 10.8. The number of nitrogens with zero attached hydrogens (tertiary/aromatic N) is 2. The third-order valence-electron chi connectivity index (χ3n) is 7.23. The Morgan fingerprint density at radius 2 is 1.68 bits per heavy atom. The Bertz CT molecular complexity index is 982. The molecule has 0 aromatic heterocycles. The fraction of sp³-hybridized carbons (Fsp3) is 0.567. The van der Waals surface area contributed by atoms with Gasteiger partial charge >= 0.3 is 0 Å². The maximum atomic E-state index is 13.6. The molecule has 0 N–H and O–H groups in total. The van der Waals surface area contributed by atoms with Crippen LogP contribution in [0.1, 0.15) is 51.2 Å². The quantitative estimate of drug-likeness (QED) is 0.422. The summed E-state index contributed by atoms with van der Waals surface area (Å²) < 4.78 is 30.8. The molecule has 0 bridgehead atoms. The Morgan fingerprint density at radius 1 is 1.05 bits per heavy atom. The highest BCUT2D eigenvalue weighted by Crippen LogP contribution is 2.25. The summed E-state index contributed by atoms with van der Waals surface area (Å²) in [5, 5.41) is 0.